The van der Waals surface area contributed by atoms with Gasteiger partial charge in [-0.3, -0.25) is 14.4 Å². The Balaban J connectivity index is 2.89. The molecule has 0 aliphatic heterocycles. The number of carbonyl (C=O) groups excluding carboxylic acids is 2. The number of aromatic amines is 1. The van der Waals surface area contributed by atoms with Crippen molar-refractivity contribution in [1.82, 2.24) is 14.8 Å². The molecular weight excluding hydrogens is 246 g/mol. The monoisotopic (exact) mass is 265 g/mol. The molecule has 1 N–H and O–H groups in total. The molecule has 19 heavy (non-hydrogen) atoms. The van der Waals surface area contributed by atoms with E-state index in [1.54, 1.807) is 14.1 Å². The summed E-state index contributed by atoms with van der Waals surface area (Å²) in [7, 11) is 3.29. The van der Waals surface area contributed by atoms with Gasteiger partial charge in [0.2, 0.25) is 11.5 Å². The minimum absolute atomic E-state index is 0.0203. The normalized spacial score (nSPS) is 10.1. The van der Waals surface area contributed by atoms with Gasteiger partial charge in [-0.05, 0) is 12.5 Å². The van der Waals surface area contributed by atoms with Crippen LogP contribution in [-0.4, -0.2) is 53.8 Å². The molecule has 0 unspecified atom stereocenters. The van der Waals surface area contributed by atoms with Crippen molar-refractivity contribution in [3.05, 3.63) is 34.2 Å². The summed E-state index contributed by atoms with van der Waals surface area (Å²) in [5.41, 5.74) is -0.0370. The number of rotatable bonds is 5. The quantitative estimate of drug-likeness (QED) is 0.833. The predicted molar refractivity (Wildman–Crippen MR) is 72.0 cm³/mol. The van der Waals surface area contributed by atoms with E-state index in [0.29, 0.717) is 12.1 Å². The zero-order valence-electron chi connectivity index (χ0n) is 11.5. The van der Waals surface area contributed by atoms with Crippen LogP contribution in [0.3, 0.4) is 0 Å². The Morgan fingerprint density at radius 2 is 2.00 bits per heavy atom. The first-order valence-corrected chi connectivity index (χ1v) is 6.14. The summed E-state index contributed by atoms with van der Waals surface area (Å²) < 4.78 is 0. The second kappa shape index (κ2) is 6.72. The number of likely N-dealkylation sites (N-methyl/N-ethyl adjacent to an activating group) is 1. The van der Waals surface area contributed by atoms with Crippen molar-refractivity contribution in [2.75, 3.05) is 27.2 Å². The number of aromatic nitrogens is 1. The lowest BCUT2D eigenvalue weighted by molar-refractivity contribution is -0.129. The van der Waals surface area contributed by atoms with Crippen LogP contribution in [0, 0.1) is 0 Å². The fourth-order valence-corrected chi connectivity index (χ4v) is 1.59. The minimum Gasteiger partial charge on any atom is -0.347 e. The molecule has 0 atom stereocenters. The van der Waals surface area contributed by atoms with Gasteiger partial charge in [0.05, 0.1) is 0 Å². The number of H-pyrrole nitrogens is 1. The van der Waals surface area contributed by atoms with E-state index in [1.807, 2.05) is 6.92 Å². The molecule has 1 aromatic heterocycles. The zero-order chi connectivity index (χ0) is 14.4. The maximum atomic E-state index is 12.2. The third-order valence-corrected chi connectivity index (χ3v) is 2.63. The second-order valence-corrected chi connectivity index (χ2v) is 4.46. The number of nitrogens with zero attached hydrogens (tertiary/aromatic N) is 2. The summed E-state index contributed by atoms with van der Waals surface area (Å²) in [6, 6.07) is 2.78. The maximum Gasteiger partial charge on any atom is 0.254 e. The first kappa shape index (κ1) is 14.9. The van der Waals surface area contributed by atoms with Crippen LogP contribution >= 0.6 is 0 Å². The highest BCUT2D eigenvalue weighted by Gasteiger charge is 2.19. The Hall–Kier alpha value is -2.11. The Kier molecular flexibility index (Phi) is 5.29. The van der Waals surface area contributed by atoms with E-state index in [-0.39, 0.29) is 23.9 Å². The predicted octanol–water partition coefficient (Wildman–Crippen LogP) is 0.315. The van der Waals surface area contributed by atoms with Crippen LogP contribution < -0.4 is 5.56 Å². The summed E-state index contributed by atoms with van der Waals surface area (Å²) in [6.07, 6.45) is 2.17. The molecule has 0 saturated carbocycles. The lowest BCUT2D eigenvalue weighted by Gasteiger charge is -2.23. The topological polar surface area (TPSA) is 73.5 Å². The van der Waals surface area contributed by atoms with E-state index in [4.69, 9.17) is 0 Å². The number of nitrogens with one attached hydrogen (secondary N) is 1. The average molecular weight is 265 g/mol. The molecule has 1 heterocycles. The standard InChI is InChI=1S/C13H19N3O3/c1-4-7-16(9-12(18)15(2)3)13(19)10-5-6-14-11(17)8-10/h5-6,8H,4,7,9H2,1-3H3,(H,14,17). The van der Waals surface area contributed by atoms with Gasteiger partial charge < -0.3 is 14.8 Å². The number of amides is 2. The van der Waals surface area contributed by atoms with E-state index in [2.05, 4.69) is 4.98 Å². The van der Waals surface area contributed by atoms with Crippen LogP contribution in [0.2, 0.25) is 0 Å². The van der Waals surface area contributed by atoms with E-state index in [0.717, 1.165) is 6.42 Å². The van der Waals surface area contributed by atoms with E-state index >= 15 is 0 Å². The molecule has 0 aromatic carbocycles. The van der Waals surface area contributed by atoms with Crippen LogP contribution in [0.4, 0.5) is 0 Å². The van der Waals surface area contributed by atoms with Gasteiger partial charge in [0.15, 0.2) is 0 Å². The van der Waals surface area contributed by atoms with Gasteiger partial charge in [0, 0.05) is 38.5 Å². The van der Waals surface area contributed by atoms with Crippen molar-refractivity contribution in [2.45, 2.75) is 13.3 Å². The van der Waals surface area contributed by atoms with Crippen LogP contribution in [-0.2, 0) is 4.79 Å². The highest BCUT2D eigenvalue weighted by Crippen LogP contribution is 2.03. The molecular formula is C13H19N3O3. The van der Waals surface area contributed by atoms with Crippen molar-refractivity contribution >= 4 is 11.8 Å². The summed E-state index contributed by atoms with van der Waals surface area (Å²) in [6.45, 7) is 2.43. The fourth-order valence-electron chi connectivity index (χ4n) is 1.59. The highest BCUT2D eigenvalue weighted by molar-refractivity contribution is 5.96. The molecule has 1 rings (SSSR count). The molecule has 6 heteroatoms. The summed E-state index contributed by atoms with van der Waals surface area (Å²) in [4.78, 5) is 40.5. The van der Waals surface area contributed by atoms with Crippen molar-refractivity contribution in [2.24, 2.45) is 0 Å². The van der Waals surface area contributed by atoms with Gasteiger partial charge in [-0.25, -0.2) is 0 Å². The first-order chi connectivity index (χ1) is 8.95. The maximum absolute atomic E-state index is 12.2. The third kappa shape index (κ3) is 4.24. The van der Waals surface area contributed by atoms with Crippen LogP contribution in [0.1, 0.15) is 23.7 Å². The molecule has 1 aromatic rings. The van der Waals surface area contributed by atoms with E-state index in [1.165, 1.54) is 28.1 Å². The van der Waals surface area contributed by atoms with Crippen LogP contribution in [0.15, 0.2) is 23.1 Å². The van der Waals surface area contributed by atoms with Gasteiger partial charge in [0.25, 0.3) is 5.91 Å². The number of hydrogen-bond acceptors (Lipinski definition) is 3. The van der Waals surface area contributed by atoms with Crippen molar-refractivity contribution < 1.29 is 9.59 Å². The Labute approximate surface area is 112 Å². The number of hydrogen-bond donors (Lipinski definition) is 1. The Morgan fingerprint density at radius 1 is 1.32 bits per heavy atom. The summed E-state index contributed by atoms with van der Waals surface area (Å²) in [5.74, 6) is -0.449. The summed E-state index contributed by atoms with van der Waals surface area (Å²) >= 11 is 0. The molecule has 2 amide bonds. The average Bonchev–Trinajstić information content (AvgIpc) is 2.37. The number of pyridine rings is 1. The molecule has 0 radical (unpaired) electrons. The molecule has 0 saturated heterocycles. The van der Waals surface area contributed by atoms with Crippen molar-refractivity contribution in [3.8, 4) is 0 Å². The largest absolute Gasteiger partial charge is 0.347 e. The van der Waals surface area contributed by atoms with E-state index < -0.39 is 0 Å². The Morgan fingerprint density at radius 3 is 2.53 bits per heavy atom. The van der Waals surface area contributed by atoms with Crippen molar-refractivity contribution in [3.63, 3.8) is 0 Å². The number of carbonyl (C=O) groups is 2. The fraction of sp³-hybridized carbons (Fsp3) is 0.462. The molecule has 0 aliphatic carbocycles. The van der Waals surface area contributed by atoms with Gasteiger partial charge in [0.1, 0.15) is 6.54 Å². The molecule has 6 nitrogen and oxygen atoms in total. The van der Waals surface area contributed by atoms with E-state index in [9.17, 15) is 14.4 Å². The van der Waals surface area contributed by atoms with Gasteiger partial charge in [-0.2, -0.15) is 0 Å². The highest BCUT2D eigenvalue weighted by atomic mass is 16.2. The Bertz CT molecular complexity index is 508. The summed E-state index contributed by atoms with van der Waals surface area (Å²) in [5, 5.41) is 0. The zero-order valence-corrected chi connectivity index (χ0v) is 11.5. The third-order valence-electron chi connectivity index (χ3n) is 2.63. The van der Waals surface area contributed by atoms with Gasteiger partial charge >= 0.3 is 0 Å². The van der Waals surface area contributed by atoms with Crippen molar-refractivity contribution in [1.29, 1.82) is 0 Å². The molecule has 0 fully saturated rings. The molecule has 0 bridgehead atoms. The van der Waals surface area contributed by atoms with Crippen LogP contribution in [0.25, 0.3) is 0 Å². The smallest absolute Gasteiger partial charge is 0.254 e. The van der Waals surface area contributed by atoms with Gasteiger partial charge in [-0.1, -0.05) is 6.92 Å². The SMILES string of the molecule is CCCN(CC(=O)N(C)C)C(=O)c1cc[nH]c(=O)c1. The lowest BCUT2D eigenvalue weighted by atomic mass is 10.2. The second-order valence-electron chi connectivity index (χ2n) is 4.46. The van der Waals surface area contributed by atoms with Gasteiger partial charge in [-0.15, -0.1) is 0 Å². The minimum atomic E-state index is -0.332. The lowest BCUT2D eigenvalue weighted by Crippen LogP contribution is -2.40. The molecule has 104 valence electrons. The first-order valence-electron chi connectivity index (χ1n) is 6.14. The molecule has 0 spiro atoms. The van der Waals surface area contributed by atoms with Crippen LogP contribution in [0.5, 0.6) is 0 Å². The molecule has 0 aliphatic rings.